The highest BCUT2D eigenvalue weighted by molar-refractivity contribution is 6.46. The topological polar surface area (TPSA) is 66.8 Å². The smallest absolute Gasteiger partial charge is 0.295 e. The summed E-state index contributed by atoms with van der Waals surface area (Å²) in [6.07, 6.45) is 0. The summed E-state index contributed by atoms with van der Waals surface area (Å²) in [6.45, 7) is 2.45. The first-order valence-electron chi connectivity index (χ1n) is 8.54. The summed E-state index contributed by atoms with van der Waals surface area (Å²) < 4.78 is 5.08. The van der Waals surface area contributed by atoms with Crippen LogP contribution >= 0.6 is 11.6 Å². The molecule has 1 unspecified atom stereocenters. The van der Waals surface area contributed by atoms with Gasteiger partial charge < -0.3 is 14.7 Å². The second-order valence-corrected chi connectivity index (χ2v) is 6.84. The number of benzene rings is 2. The SMILES string of the molecule is COCCN1C(=O)C(=O)/C(=C(/O)c2ccc(C)cc2)C1c1ccc(Cl)cc1. The van der Waals surface area contributed by atoms with Gasteiger partial charge in [0, 0.05) is 24.2 Å². The Labute approximate surface area is 162 Å². The summed E-state index contributed by atoms with van der Waals surface area (Å²) in [7, 11) is 1.53. The van der Waals surface area contributed by atoms with Gasteiger partial charge in [0.2, 0.25) is 0 Å². The summed E-state index contributed by atoms with van der Waals surface area (Å²) in [4.78, 5) is 26.8. The Morgan fingerprint density at radius 2 is 1.74 bits per heavy atom. The van der Waals surface area contributed by atoms with E-state index in [0.29, 0.717) is 16.1 Å². The van der Waals surface area contributed by atoms with Crippen molar-refractivity contribution in [2.75, 3.05) is 20.3 Å². The molecule has 0 spiro atoms. The maximum Gasteiger partial charge on any atom is 0.295 e. The van der Waals surface area contributed by atoms with E-state index in [2.05, 4.69) is 0 Å². The molecule has 3 rings (SSSR count). The van der Waals surface area contributed by atoms with Crippen LogP contribution in [0.4, 0.5) is 0 Å². The Kier molecular flexibility index (Phi) is 5.63. The van der Waals surface area contributed by atoms with Crippen molar-refractivity contribution in [2.24, 2.45) is 0 Å². The Balaban J connectivity index is 2.14. The van der Waals surface area contributed by atoms with E-state index in [1.165, 1.54) is 12.0 Å². The first-order valence-corrected chi connectivity index (χ1v) is 8.91. The average Bonchev–Trinajstić information content (AvgIpc) is 2.91. The minimum Gasteiger partial charge on any atom is -0.507 e. The van der Waals surface area contributed by atoms with Crippen molar-refractivity contribution >= 4 is 29.1 Å². The van der Waals surface area contributed by atoms with E-state index < -0.39 is 17.7 Å². The number of likely N-dealkylation sites (tertiary alicyclic amines) is 1. The Morgan fingerprint density at radius 1 is 1.11 bits per heavy atom. The van der Waals surface area contributed by atoms with Crippen LogP contribution in [0.3, 0.4) is 0 Å². The van der Waals surface area contributed by atoms with Gasteiger partial charge in [0.15, 0.2) is 0 Å². The zero-order valence-corrected chi connectivity index (χ0v) is 15.9. The molecule has 0 aromatic heterocycles. The maximum atomic E-state index is 12.7. The third-order valence-corrected chi connectivity index (χ3v) is 4.84. The molecule has 0 aliphatic carbocycles. The minimum atomic E-state index is -0.705. The lowest BCUT2D eigenvalue weighted by molar-refractivity contribution is -0.140. The average molecular weight is 386 g/mol. The molecule has 140 valence electrons. The number of methoxy groups -OCH3 is 1. The number of ketones is 1. The number of Topliss-reactive ketones (excluding diaryl/α,β-unsaturated/α-hetero) is 1. The molecule has 6 heteroatoms. The van der Waals surface area contributed by atoms with E-state index >= 15 is 0 Å². The fourth-order valence-electron chi connectivity index (χ4n) is 3.16. The normalized spacial score (nSPS) is 18.9. The molecular formula is C21H20ClNO4. The molecule has 2 aromatic rings. The number of amides is 1. The molecule has 1 aliphatic rings. The number of aliphatic hydroxyl groups excluding tert-OH is 1. The van der Waals surface area contributed by atoms with Crippen LogP contribution in [0, 0.1) is 6.92 Å². The third kappa shape index (κ3) is 3.75. The second kappa shape index (κ2) is 7.94. The van der Waals surface area contributed by atoms with Crippen LogP contribution in [-0.2, 0) is 14.3 Å². The number of aryl methyl sites for hydroxylation is 1. The molecule has 0 radical (unpaired) electrons. The molecule has 1 saturated heterocycles. The van der Waals surface area contributed by atoms with Crippen LogP contribution in [0.5, 0.6) is 0 Å². The van der Waals surface area contributed by atoms with Gasteiger partial charge >= 0.3 is 0 Å². The molecule has 1 fully saturated rings. The molecule has 2 aromatic carbocycles. The fraction of sp³-hybridized carbons (Fsp3) is 0.238. The third-order valence-electron chi connectivity index (χ3n) is 4.59. The molecule has 0 bridgehead atoms. The predicted molar refractivity (Wildman–Crippen MR) is 104 cm³/mol. The highest BCUT2D eigenvalue weighted by Crippen LogP contribution is 2.39. The largest absolute Gasteiger partial charge is 0.507 e. The summed E-state index contributed by atoms with van der Waals surface area (Å²) in [5, 5.41) is 11.4. The standard InChI is InChI=1S/C21H20ClNO4/c1-13-3-5-15(6-4-13)19(24)17-18(14-7-9-16(22)10-8-14)23(11-12-27-2)21(26)20(17)25/h3-10,18,24H,11-12H2,1-2H3/b19-17+. The van der Waals surface area contributed by atoms with Gasteiger partial charge in [-0.1, -0.05) is 53.6 Å². The monoisotopic (exact) mass is 385 g/mol. The van der Waals surface area contributed by atoms with Crippen molar-refractivity contribution in [3.05, 3.63) is 75.8 Å². The molecule has 1 heterocycles. The predicted octanol–water partition coefficient (Wildman–Crippen LogP) is 3.72. The molecule has 1 atom stereocenters. The highest BCUT2D eigenvalue weighted by atomic mass is 35.5. The summed E-state index contributed by atoms with van der Waals surface area (Å²) in [6, 6.07) is 13.3. The number of nitrogens with zero attached hydrogens (tertiary/aromatic N) is 1. The number of rotatable bonds is 5. The number of carbonyl (C=O) groups excluding carboxylic acids is 2. The van der Waals surface area contributed by atoms with Crippen LogP contribution in [-0.4, -0.2) is 42.0 Å². The molecule has 5 nitrogen and oxygen atoms in total. The lowest BCUT2D eigenvalue weighted by Crippen LogP contribution is -2.32. The first-order chi connectivity index (χ1) is 12.9. The number of carbonyl (C=O) groups is 2. The molecule has 1 amide bonds. The summed E-state index contributed by atoms with van der Waals surface area (Å²) >= 11 is 5.98. The van der Waals surface area contributed by atoms with E-state index in [0.717, 1.165) is 5.56 Å². The Bertz CT molecular complexity index is 887. The summed E-state index contributed by atoms with van der Waals surface area (Å²) in [5.74, 6) is -1.54. The number of hydrogen-bond acceptors (Lipinski definition) is 4. The van der Waals surface area contributed by atoms with Crippen LogP contribution in [0.15, 0.2) is 54.1 Å². The lowest BCUT2D eigenvalue weighted by atomic mass is 9.95. The van der Waals surface area contributed by atoms with E-state index in [1.54, 1.807) is 36.4 Å². The molecule has 27 heavy (non-hydrogen) atoms. The van der Waals surface area contributed by atoms with Gasteiger partial charge in [-0.3, -0.25) is 9.59 Å². The van der Waals surface area contributed by atoms with Crippen molar-refractivity contribution in [1.29, 1.82) is 0 Å². The van der Waals surface area contributed by atoms with Gasteiger partial charge in [0.25, 0.3) is 11.7 Å². The van der Waals surface area contributed by atoms with Gasteiger partial charge in [-0.2, -0.15) is 0 Å². The van der Waals surface area contributed by atoms with Crippen LogP contribution < -0.4 is 0 Å². The first kappa shape index (κ1) is 19.1. The maximum absolute atomic E-state index is 12.7. The van der Waals surface area contributed by atoms with Gasteiger partial charge in [-0.05, 0) is 24.6 Å². The second-order valence-electron chi connectivity index (χ2n) is 6.40. The number of aliphatic hydroxyl groups is 1. The van der Waals surface area contributed by atoms with Crippen molar-refractivity contribution in [1.82, 2.24) is 4.90 Å². The highest BCUT2D eigenvalue weighted by Gasteiger charge is 2.45. The van der Waals surface area contributed by atoms with Crippen molar-refractivity contribution < 1.29 is 19.4 Å². The van der Waals surface area contributed by atoms with Gasteiger partial charge in [-0.15, -0.1) is 0 Å². The van der Waals surface area contributed by atoms with Crippen molar-refractivity contribution in [3.63, 3.8) is 0 Å². The van der Waals surface area contributed by atoms with Crippen LogP contribution in [0.25, 0.3) is 5.76 Å². The van der Waals surface area contributed by atoms with E-state index in [9.17, 15) is 14.7 Å². The molecule has 0 saturated carbocycles. The quantitative estimate of drug-likeness (QED) is 0.484. The zero-order valence-electron chi connectivity index (χ0n) is 15.1. The van der Waals surface area contributed by atoms with Crippen LogP contribution in [0.1, 0.15) is 22.7 Å². The van der Waals surface area contributed by atoms with Crippen LogP contribution in [0.2, 0.25) is 5.02 Å². The fourth-order valence-corrected chi connectivity index (χ4v) is 3.28. The summed E-state index contributed by atoms with van der Waals surface area (Å²) in [5.41, 5.74) is 2.29. The molecule has 1 N–H and O–H groups in total. The van der Waals surface area contributed by atoms with Gasteiger partial charge in [0.1, 0.15) is 5.76 Å². The zero-order chi connectivity index (χ0) is 19.6. The van der Waals surface area contributed by atoms with E-state index in [4.69, 9.17) is 16.3 Å². The number of ether oxygens (including phenoxy) is 1. The molecule has 1 aliphatic heterocycles. The van der Waals surface area contributed by atoms with Crippen molar-refractivity contribution in [2.45, 2.75) is 13.0 Å². The van der Waals surface area contributed by atoms with Gasteiger partial charge in [0.05, 0.1) is 18.2 Å². The van der Waals surface area contributed by atoms with E-state index in [1.807, 2.05) is 19.1 Å². The number of halogens is 1. The minimum absolute atomic E-state index is 0.0716. The van der Waals surface area contributed by atoms with Gasteiger partial charge in [-0.25, -0.2) is 0 Å². The molecular weight excluding hydrogens is 366 g/mol. The Morgan fingerprint density at radius 3 is 2.33 bits per heavy atom. The lowest BCUT2D eigenvalue weighted by Gasteiger charge is -2.25. The number of hydrogen-bond donors (Lipinski definition) is 1. The van der Waals surface area contributed by atoms with E-state index in [-0.39, 0.29) is 24.5 Å². The van der Waals surface area contributed by atoms with Crippen molar-refractivity contribution in [3.8, 4) is 0 Å². The Hall–Kier alpha value is -2.63.